The third kappa shape index (κ3) is 4.33. The van der Waals surface area contributed by atoms with Gasteiger partial charge in [-0.25, -0.2) is 13.1 Å². The molecular weight excluding hydrogens is 356 g/mol. The molecule has 140 valence electrons. The third-order valence-corrected chi connectivity index (χ3v) is 5.45. The van der Waals surface area contributed by atoms with Crippen molar-refractivity contribution < 1.29 is 22.7 Å². The molecule has 7 nitrogen and oxygen atoms in total. The maximum Gasteiger partial charge on any atom is 0.251 e. The second kappa shape index (κ2) is 8.20. The van der Waals surface area contributed by atoms with Crippen molar-refractivity contribution in [2.24, 2.45) is 0 Å². The fourth-order valence-electron chi connectivity index (χ4n) is 2.42. The van der Waals surface area contributed by atoms with Crippen LogP contribution in [0.25, 0.3) is 0 Å². The molecule has 1 amide bonds. The highest BCUT2D eigenvalue weighted by Gasteiger charge is 2.20. The van der Waals surface area contributed by atoms with E-state index in [1.165, 1.54) is 45.5 Å². The summed E-state index contributed by atoms with van der Waals surface area (Å²) in [6, 6.07) is 10.4. The minimum atomic E-state index is -3.75. The molecule has 0 radical (unpaired) electrons. The molecule has 0 aliphatic rings. The fraction of sp³-hybridized carbons (Fsp3) is 0.278. The van der Waals surface area contributed by atoms with Crippen LogP contribution in [0, 0.1) is 0 Å². The number of rotatable bonds is 7. The summed E-state index contributed by atoms with van der Waals surface area (Å²) < 4.78 is 38.2. The van der Waals surface area contributed by atoms with Crippen LogP contribution in [-0.4, -0.2) is 35.6 Å². The van der Waals surface area contributed by atoms with Crippen molar-refractivity contribution in [1.29, 1.82) is 0 Å². The average Bonchev–Trinajstić information content (AvgIpc) is 2.66. The van der Waals surface area contributed by atoms with Crippen LogP contribution in [0.15, 0.2) is 47.4 Å². The van der Waals surface area contributed by atoms with Gasteiger partial charge in [-0.3, -0.25) is 4.79 Å². The highest BCUT2D eigenvalue weighted by molar-refractivity contribution is 7.89. The van der Waals surface area contributed by atoms with Gasteiger partial charge in [0.1, 0.15) is 0 Å². The van der Waals surface area contributed by atoms with E-state index in [4.69, 9.17) is 9.47 Å². The second-order valence-corrected chi connectivity index (χ2v) is 7.27. The number of sulfonamides is 1. The van der Waals surface area contributed by atoms with Crippen LogP contribution in [0.1, 0.15) is 28.9 Å². The number of hydrogen-bond donors (Lipinski definition) is 2. The Labute approximate surface area is 153 Å². The molecule has 0 aromatic heterocycles. The molecule has 0 saturated carbocycles. The zero-order valence-electron chi connectivity index (χ0n) is 15.1. The van der Waals surface area contributed by atoms with Gasteiger partial charge in [0.25, 0.3) is 5.91 Å². The summed E-state index contributed by atoms with van der Waals surface area (Å²) in [4.78, 5) is 11.6. The van der Waals surface area contributed by atoms with E-state index in [1.807, 2.05) is 0 Å². The highest BCUT2D eigenvalue weighted by Crippen LogP contribution is 2.30. The van der Waals surface area contributed by atoms with Crippen molar-refractivity contribution in [3.05, 3.63) is 53.6 Å². The molecule has 8 heteroatoms. The summed E-state index contributed by atoms with van der Waals surface area (Å²) in [5.74, 6) is 0.808. The molecule has 26 heavy (non-hydrogen) atoms. The van der Waals surface area contributed by atoms with Crippen molar-refractivity contribution in [3.63, 3.8) is 0 Å². The highest BCUT2D eigenvalue weighted by atomic mass is 32.2. The predicted octanol–water partition coefficient (Wildman–Crippen LogP) is 2.10. The molecule has 0 fully saturated rings. The number of carbonyl (C=O) groups excluding carboxylic acids is 1. The quantitative estimate of drug-likeness (QED) is 0.770. The number of benzene rings is 2. The van der Waals surface area contributed by atoms with Gasteiger partial charge in [0.2, 0.25) is 10.0 Å². The molecule has 2 N–H and O–H groups in total. The van der Waals surface area contributed by atoms with Crippen molar-refractivity contribution in [3.8, 4) is 11.5 Å². The molecule has 0 bridgehead atoms. The summed E-state index contributed by atoms with van der Waals surface area (Å²) in [6.45, 7) is 1.73. The molecule has 0 heterocycles. The number of hydrogen-bond acceptors (Lipinski definition) is 5. The lowest BCUT2D eigenvalue weighted by Crippen LogP contribution is -2.27. The monoisotopic (exact) mass is 378 g/mol. The van der Waals surface area contributed by atoms with Gasteiger partial charge in [-0.15, -0.1) is 0 Å². The van der Waals surface area contributed by atoms with Crippen LogP contribution in [0.3, 0.4) is 0 Å². The number of amides is 1. The van der Waals surface area contributed by atoms with E-state index >= 15 is 0 Å². The first-order valence-electron chi connectivity index (χ1n) is 7.88. The van der Waals surface area contributed by atoms with Crippen molar-refractivity contribution >= 4 is 15.9 Å². The SMILES string of the molecule is CNC(=O)c1ccc(S(=O)(=O)NC(C)c2ccc(OC)c(OC)c2)cc1. The lowest BCUT2D eigenvalue weighted by Gasteiger charge is -2.17. The minimum absolute atomic E-state index is 0.0810. The van der Waals surface area contributed by atoms with Gasteiger partial charge >= 0.3 is 0 Å². The van der Waals surface area contributed by atoms with Gasteiger partial charge in [-0.1, -0.05) is 6.07 Å². The largest absolute Gasteiger partial charge is 0.493 e. The Balaban J connectivity index is 2.21. The van der Waals surface area contributed by atoms with Crippen molar-refractivity contribution in [1.82, 2.24) is 10.0 Å². The summed E-state index contributed by atoms with van der Waals surface area (Å²) in [7, 11) is 0.820. The van der Waals surface area contributed by atoms with Gasteiger partial charge < -0.3 is 14.8 Å². The summed E-state index contributed by atoms with van der Waals surface area (Å²) in [5.41, 5.74) is 1.12. The van der Waals surface area contributed by atoms with Gasteiger partial charge in [0, 0.05) is 18.7 Å². The van der Waals surface area contributed by atoms with Crippen LogP contribution < -0.4 is 19.5 Å². The first-order valence-corrected chi connectivity index (χ1v) is 9.37. The lowest BCUT2D eigenvalue weighted by atomic mass is 10.1. The van der Waals surface area contributed by atoms with Crippen LogP contribution in [0.2, 0.25) is 0 Å². The van der Waals surface area contributed by atoms with Crippen LogP contribution >= 0.6 is 0 Å². The van der Waals surface area contributed by atoms with E-state index in [9.17, 15) is 13.2 Å². The molecule has 0 saturated heterocycles. The standard InChI is InChI=1S/C18H22N2O5S/c1-12(14-7-10-16(24-3)17(11-14)25-4)20-26(22,23)15-8-5-13(6-9-15)18(21)19-2/h5-12,20H,1-4H3,(H,19,21). The molecule has 2 aromatic carbocycles. The zero-order chi connectivity index (χ0) is 19.3. The molecule has 2 aromatic rings. The van der Waals surface area contributed by atoms with Gasteiger partial charge in [-0.2, -0.15) is 0 Å². The van der Waals surface area contributed by atoms with Gasteiger partial charge in [0.15, 0.2) is 11.5 Å². The Kier molecular flexibility index (Phi) is 6.23. The van der Waals surface area contributed by atoms with E-state index < -0.39 is 16.1 Å². The molecule has 0 aliphatic heterocycles. The molecule has 1 unspecified atom stereocenters. The number of ether oxygens (including phenoxy) is 2. The molecular formula is C18H22N2O5S. The van der Waals surface area contributed by atoms with Crippen molar-refractivity contribution in [2.75, 3.05) is 21.3 Å². The lowest BCUT2D eigenvalue weighted by molar-refractivity contribution is 0.0963. The Morgan fingerprint density at radius 1 is 1.00 bits per heavy atom. The minimum Gasteiger partial charge on any atom is -0.493 e. The van der Waals surface area contributed by atoms with E-state index in [0.29, 0.717) is 17.1 Å². The fourth-order valence-corrected chi connectivity index (χ4v) is 3.65. The zero-order valence-corrected chi connectivity index (χ0v) is 15.9. The first-order chi connectivity index (χ1) is 12.3. The summed E-state index contributed by atoms with van der Waals surface area (Å²) in [6.07, 6.45) is 0. The maximum atomic E-state index is 12.6. The summed E-state index contributed by atoms with van der Waals surface area (Å²) >= 11 is 0. The number of nitrogens with one attached hydrogen (secondary N) is 2. The van der Waals surface area contributed by atoms with Crippen molar-refractivity contribution in [2.45, 2.75) is 17.9 Å². The van der Waals surface area contributed by atoms with Gasteiger partial charge in [-0.05, 0) is 48.9 Å². The maximum absolute atomic E-state index is 12.6. The average molecular weight is 378 g/mol. The smallest absolute Gasteiger partial charge is 0.251 e. The summed E-state index contributed by atoms with van der Waals surface area (Å²) in [5, 5.41) is 2.49. The Morgan fingerprint density at radius 2 is 1.62 bits per heavy atom. The number of carbonyl (C=O) groups is 1. The predicted molar refractivity (Wildman–Crippen MR) is 98.1 cm³/mol. The molecule has 0 spiro atoms. The van der Waals surface area contributed by atoms with Crippen LogP contribution in [0.5, 0.6) is 11.5 Å². The Morgan fingerprint density at radius 3 is 2.15 bits per heavy atom. The van der Waals surface area contributed by atoms with E-state index in [1.54, 1.807) is 25.1 Å². The number of methoxy groups -OCH3 is 2. The third-order valence-electron chi connectivity index (χ3n) is 3.89. The normalized spacial score (nSPS) is 12.3. The molecule has 2 rings (SSSR count). The first kappa shape index (κ1) is 19.7. The van der Waals surface area contributed by atoms with E-state index in [0.717, 1.165) is 5.56 Å². The van der Waals surface area contributed by atoms with Crippen LogP contribution in [0.4, 0.5) is 0 Å². The molecule has 0 aliphatic carbocycles. The van der Waals surface area contributed by atoms with Gasteiger partial charge in [0.05, 0.1) is 19.1 Å². The van der Waals surface area contributed by atoms with E-state index in [2.05, 4.69) is 10.0 Å². The Hall–Kier alpha value is -2.58. The van der Waals surface area contributed by atoms with E-state index in [-0.39, 0.29) is 10.8 Å². The van der Waals surface area contributed by atoms with Crippen LogP contribution in [-0.2, 0) is 10.0 Å². The second-order valence-electron chi connectivity index (χ2n) is 5.56. The molecule has 1 atom stereocenters. The topological polar surface area (TPSA) is 93.7 Å². The Bertz CT molecular complexity index is 879.